The predicted octanol–water partition coefficient (Wildman–Crippen LogP) is 1.36. The van der Waals surface area contributed by atoms with Crippen molar-refractivity contribution in [2.24, 2.45) is 10.8 Å². The molecule has 0 bridgehead atoms. The van der Waals surface area contributed by atoms with Crippen molar-refractivity contribution < 1.29 is 13.6 Å². The second-order valence-corrected chi connectivity index (χ2v) is 2.77. The molecule has 0 radical (unpaired) electrons. The molecule has 1 aromatic rings. The van der Waals surface area contributed by atoms with Crippen molar-refractivity contribution in [3.8, 4) is 0 Å². The number of halogens is 2. The lowest BCUT2D eigenvalue weighted by Crippen LogP contribution is -2.25. The fourth-order valence-corrected chi connectivity index (χ4v) is 1.04. The first-order valence-electron chi connectivity index (χ1n) is 4.06. The summed E-state index contributed by atoms with van der Waals surface area (Å²) >= 11 is 0. The number of nitrogens with zero attached hydrogens (tertiary/aromatic N) is 1. The summed E-state index contributed by atoms with van der Waals surface area (Å²) in [5, 5.41) is 3.43. The van der Waals surface area contributed by atoms with Gasteiger partial charge in [0.1, 0.15) is 11.6 Å². The van der Waals surface area contributed by atoms with Gasteiger partial charge in [0.25, 0.3) is 0 Å². The van der Waals surface area contributed by atoms with Crippen LogP contribution in [0.4, 0.5) is 13.6 Å². The molecule has 0 saturated heterocycles. The first-order valence-corrected chi connectivity index (χ1v) is 4.06. The van der Waals surface area contributed by atoms with Gasteiger partial charge in [0.2, 0.25) is 0 Å². The Morgan fingerprint density at radius 1 is 1.40 bits per heavy atom. The molecule has 0 heterocycles. The predicted molar refractivity (Wildman–Crippen MR) is 51.3 cm³/mol. The summed E-state index contributed by atoms with van der Waals surface area (Å²) in [7, 11) is 0. The maximum Gasteiger partial charge on any atom is 0.332 e. The van der Waals surface area contributed by atoms with Crippen LogP contribution < -0.4 is 11.2 Å². The van der Waals surface area contributed by atoms with Gasteiger partial charge in [-0.25, -0.2) is 19.0 Å². The first kappa shape index (κ1) is 11.1. The number of hydrazone groups is 1. The highest BCUT2D eigenvalue weighted by molar-refractivity contribution is 5.99. The first-order chi connectivity index (χ1) is 7.02. The molecule has 15 heavy (non-hydrogen) atoms. The van der Waals surface area contributed by atoms with E-state index in [-0.39, 0.29) is 11.3 Å². The molecule has 6 heteroatoms. The van der Waals surface area contributed by atoms with Crippen LogP contribution in [0.3, 0.4) is 0 Å². The third kappa shape index (κ3) is 2.73. The molecule has 0 aliphatic carbocycles. The molecule has 0 aliphatic rings. The summed E-state index contributed by atoms with van der Waals surface area (Å²) in [5.41, 5.74) is 6.36. The molecule has 0 saturated carbocycles. The molecule has 0 unspecified atom stereocenters. The minimum absolute atomic E-state index is 0.00407. The van der Waals surface area contributed by atoms with Crippen LogP contribution in [0, 0.1) is 11.6 Å². The van der Waals surface area contributed by atoms with E-state index in [1.807, 2.05) is 5.43 Å². The molecule has 1 aromatic carbocycles. The van der Waals surface area contributed by atoms with Crippen LogP contribution in [0.1, 0.15) is 12.5 Å². The van der Waals surface area contributed by atoms with E-state index in [4.69, 9.17) is 5.73 Å². The van der Waals surface area contributed by atoms with Gasteiger partial charge in [-0.2, -0.15) is 5.10 Å². The molecule has 0 aliphatic heterocycles. The zero-order chi connectivity index (χ0) is 11.4. The zero-order valence-corrected chi connectivity index (χ0v) is 7.92. The van der Waals surface area contributed by atoms with Crippen LogP contribution in [0.15, 0.2) is 23.3 Å². The Kier molecular flexibility index (Phi) is 3.33. The number of nitrogens with one attached hydrogen (secondary N) is 1. The largest absolute Gasteiger partial charge is 0.350 e. The number of hydrogen-bond donors (Lipinski definition) is 2. The number of amides is 2. The highest BCUT2D eigenvalue weighted by Crippen LogP contribution is 2.12. The maximum absolute atomic E-state index is 13.2. The number of nitrogens with two attached hydrogens (primary N) is 1. The topological polar surface area (TPSA) is 67.5 Å². The quantitative estimate of drug-likeness (QED) is 0.565. The van der Waals surface area contributed by atoms with Crippen LogP contribution in [-0.4, -0.2) is 11.7 Å². The van der Waals surface area contributed by atoms with E-state index < -0.39 is 17.7 Å². The number of primary amides is 1. The Bertz CT molecular complexity index is 398. The fraction of sp³-hybridized carbons (Fsp3) is 0.111. The van der Waals surface area contributed by atoms with Crippen LogP contribution in [0.2, 0.25) is 0 Å². The lowest BCUT2D eigenvalue weighted by Gasteiger charge is -2.03. The molecule has 80 valence electrons. The van der Waals surface area contributed by atoms with Crippen molar-refractivity contribution in [2.45, 2.75) is 6.92 Å². The Balaban J connectivity index is 3.05. The van der Waals surface area contributed by atoms with E-state index in [0.717, 1.165) is 12.1 Å². The lowest BCUT2D eigenvalue weighted by molar-refractivity contribution is 0.249. The second-order valence-electron chi connectivity index (χ2n) is 2.77. The van der Waals surface area contributed by atoms with Crippen molar-refractivity contribution >= 4 is 11.7 Å². The highest BCUT2D eigenvalue weighted by atomic mass is 19.1. The summed E-state index contributed by atoms with van der Waals surface area (Å²) < 4.78 is 26.3. The summed E-state index contributed by atoms with van der Waals surface area (Å²) in [4.78, 5) is 10.3. The van der Waals surface area contributed by atoms with Gasteiger partial charge in [-0.15, -0.1) is 0 Å². The number of carbonyl (C=O) groups excluding carboxylic acids is 1. The van der Waals surface area contributed by atoms with E-state index in [1.54, 1.807) is 0 Å². The average Bonchev–Trinajstić information content (AvgIpc) is 2.14. The van der Waals surface area contributed by atoms with Gasteiger partial charge in [0.15, 0.2) is 0 Å². The molecule has 0 atom stereocenters. The Morgan fingerprint density at radius 2 is 1.93 bits per heavy atom. The third-order valence-corrected chi connectivity index (χ3v) is 1.66. The monoisotopic (exact) mass is 213 g/mol. The van der Waals surface area contributed by atoms with Crippen LogP contribution in [-0.2, 0) is 0 Å². The fourth-order valence-electron chi connectivity index (χ4n) is 1.04. The Hall–Kier alpha value is -1.98. The molecule has 1 rings (SSSR count). The van der Waals surface area contributed by atoms with Gasteiger partial charge in [0, 0.05) is 0 Å². The minimum atomic E-state index is -0.897. The van der Waals surface area contributed by atoms with E-state index in [1.165, 1.54) is 13.0 Å². The van der Waals surface area contributed by atoms with Crippen LogP contribution >= 0.6 is 0 Å². The Morgan fingerprint density at radius 3 is 2.40 bits per heavy atom. The summed E-state index contributed by atoms with van der Waals surface area (Å²) in [6.07, 6.45) is 0. The minimum Gasteiger partial charge on any atom is -0.350 e. The zero-order valence-electron chi connectivity index (χ0n) is 7.92. The van der Waals surface area contributed by atoms with Gasteiger partial charge in [-0.05, 0) is 19.1 Å². The molecule has 0 aromatic heterocycles. The Labute approximate surface area is 84.8 Å². The number of urea groups is 1. The van der Waals surface area contributed by atoms with E-state index in [9.17, 15) is 13.6 Å². The average molecular weight is 213 g/mol. The lowest BCUT2D eigenvalue weighted by atomic mass is 10.1. The number of carbonyl (C=O) groups is 1. The number of hydrogen-bond acceptors (Lipinski definition) is 2. The van der Waals surface area contributed by atoms with Crippen molar-refractivity contribution in [1.29, 1.82) is 0 Å². The van der Waals surface area contributed by atoms with Crippen molar-refractivity contribution in [3.05, 3.63) is 35.4 Å². The van der Waals surface area contributed by atoms with Crippen LogP contribution in [0.25, 0.3) is 0 Å². The summed E-state index contributed by atoms with van der Waals surface area (Å²) in [6, 6.07) is 2.54. The molecule has 0 fully saturated rings. The molecule has 3 N–H and O–H groups in total. The SMILES string of the molecule is CC(=NNC(N)=O)c1c(F)cccc1F. The number of rotatable bonds is 2. The van der Waals surface area contributed by atoms with Gasteiger partial charge < -0.3 is 5.73 Å². The van der Waals surface area contributed by atoms with Gasteiger partial charge >= 0.3 is 6.03 Å². The maximum atomic E-state index is 13.2. The van der Waals surface area contributed by atoms with Gasteiger partial charge in [0.05, 0.1) is 11.3 Å². The number of benzene rings is 1. The second kappa shape index (κ2) is 4.50. The molecule has 4 nitrogen and oxygen atoms in total. The molecule has 2 amide bonds. The van der Waals surface area contributed by atoms with Crippen molar-refractivity contribution in [3.63, 3.8) is 0 Å². The van der Waals surface area contributed by atoms with Crippen LogP contribution in [0.5, 0.6) is 0 Å². The highest BCUT2D eigenvalue weighted by Gasteiger charge is 2.11. The van der Waals surface area contributed by atoms with Gasteiger partial charge in [-0.1, -0.05) is 6.07 Å². The van der Waals surface area contributed by atoms with Gasteiger partial charge in [-0.3, -0.25) is 0 Å². The smallest absolute Gasteiger partial charge is 0.332 e. The van der Waals surface area contributed by atoms with E-state index in [0.29, 0.717) is 0 Å². The summed E-state index contributed by atoms with van der Waals surface area (Å²) in [6.45, 7) is 1.36. The molecular weight excluding hydrogens is 204 g/mol. The normalized spacial score (nSPS) is 11.3. The van der Waals surface area contributed by atoms with E-state index in [2.05, 4.69) is 5.10 Å². The van der Waals surface area contributed by atoms with E-state index >= 15 is 0 Å². The van der Waals surface area contributed by atoms with Crippen molar-refractivity contribution in [2.75, 3.05) is 0 Å². The molecule has 0 spiro atoms. The summed E-state index contributed by atoms with van der Waals surface area (Å²) in [5.74, 6) is -1.50. The standard InChI is InChI=1S/C9H9F2N3O/c1-5(13-14-9(12)15)8-6(10)3-2-4-7(8)11/h2-4H,1H3,(H3,12,14,15). The molecular formula is C9H9F2N3O. The van der Waals surface area contributed by atoms with Crippen molar-refractivity contribution in [1.82, 2.24) is 5.43 Å². The third-order valence-electron chi connectivity index (χ3n) is 1.66.